The van der Waals surface area contributed by atoms with Crippen molar-refractivity contribution >= 4 is 23.1 Å². The Hall–Kier alpha value is -3.67. The maximum absolute atomic E-state index is 14.5. The van der Waals surface area contributed by atoms with Crippen molar-refractivity contribution in [3.8, 4) is 5.75 Å². The number of nitrogens with one attached hydrogen (secondary N) is 1. The zero-order chi connectivity index (χ0) is 22.3. The average molecular weight is 422 g/mol. The van der Waals surface area contributed by atoms with Crippen LogP contribution < -0.4 is 15.0 Å². The Morgan fingerprint density at radius 3 is 2.84 bits per heavy atom. The van der Waals surface area contributed by atoms with E-state index in [1.807, 2.05) is 25.7 Å². The van der Waals surface area contributed by atoms with E-state index in [-0.39, 0.29) is 30.7 Å². The molecule has 0 aliphatic carbocycles. The van der Waals surface area contributed by atoms with Gasteiger partial charge in [0.2, 0.25) is 5.69 Å². The van der Waals surface area contributed by atoms with Crippen molar-refractivity contribution in [3.05, 3.63) is 58.5 Å². The van der Waals surface area contributed by atoms with Crippen LogP contribution in [0, 0.1) is 19.3 Å². The van der Waals surface area contributed by atoms with Crippen molar-refractivity contribution in [1.29, 1.82) is 0 Å². The summed E-state index contributed by atoms with van der Waals surface area (Å²) >= 11 is 0. The number of amides is 1. The summed E-state index contributed by atoms with van der Waals surface area (Å²) in [4.78, 5) is 23.0. The molecule has 1 N–H and O–H groups in total. The molecule has 0 radical (unpaired) electrons. The first-order valence-electron chi connectivity index (χ1n) is 10.1. The molecule has 2 aromatic heterocycles. The molecule has 0 saturated heterocycles. The van der Waals surface area contributed by atoms with E-state index in [1.54, 1.807) is 23.7 Å². The number of hydrogen-bond acceptors (Lipinski definition) is 5. The summed E-state index contributed by atoms with van der Waals surface area (Å²) in [6, 6.07) is 4.54. The van der Waals surface area contributed by atoms with Gasteiger partial charge < -0.3 is 15.0 Å². The number of anilines is 1. The number of carbonyl (C=O) groups excluding carboxylic acids is 1. The summed E-state index contributed by atoms with van der Waals surface area (Å²) in [5, 5.41) is 7.26. The van der Waals surface area contributed by atoms with Crippen molar-refractivity contribution in [3.63, 3.8) is 0 Å². The molecule has 1 aromatic carbocycles. The zero-order valence-corrected chi connectivity index (χ0v) is 17.8. The smallest absolute Gasteiger partial charge is 0.257 e. The molecule has 1 amide bonds. The van der Waals surface area contributed by atoms with Crippen LogP contribution in [0.25, 0.3) is 10.5 Å². The van der Waals surface area contributed by atoms with Crippen LogP contribution >= 0.6 is 0 Å². The van der Waals surface area contributed by atoms with E-state index in [0.29, 0.717) is 34.0 Å². The largest absolute Gasteiger partial charge is 0.490 e. The van der Waals surface area contributed by atoms with Gasteiger partial charge in [0.05, 0.1) is 18.8 Å². The van der Waals surface area contributed by atoms with E-state index in [9.17, 15) is 9.18 Å². The standard InChI is InChI=1S/C22H23FN6O2/c1-12(2)28-11-15-17(7-6-16(23)20(15)24-5)31-13(3)10-25-22(30)19-14(4)27-29-9-8-18(28)26-21(19)29/h6-9,12-13H,10-11H2,1-4H3,(H,25,30)/t13-/m0/s1. The third kappa shape index (κ3) is 3.65. The van der Waals surface area contributed by atoms with Gasteiger partial charge in [0, 0.05) is 24.3 Å². The van der Waals surface area contributed by atoms with Gasteiger partial charge in [-0.05, 0) is 45.9 Å². The van der Waals surface area contributed by atoms with Gasteiger partial charge in [0.1, 0.15) is 29.1 Å². The number of ether oxygens (including phenoxy) is 1. The molecule has 1 aliphatic heterocycles. The first-order valence-corrected chi connectivity index (χ1v) is 10.1. The van der Waals surface area contributed by atoms with Crippen molar-refractivity contribution < 1.29 is 13.9 Å². The number of rotatable bonds is 1. The molecule has 3 heterocycles. The maximum Gasteiger partial charge on any atom is 0.257 e. The monoisotopic (exact) mass is 422 g/mol. The van der Waals surface area contributed by atoms with Crippen LogP contribution in [0.3, 0.4) is 0 Å². The minimum atomic E-state index is -0.594. The zero-order valence-electron chi connectivity index (χ0n) is 17.8. The highest BCUT2D eigenvalue weighted by Crippen LogP contribution is 2.35. The first kappa shape index (κ1) is 20.6. The molecule has 0 saturated carbocycles. The summed E-state index contributed by atoms with van der Waals surface area (Å²) in [7, 11) is 0. The third-order valence-electron chi connectivity index (χ3n) is 5.30. The molecule has 8 nitrogen and oxygen atoms in total. The van der Waals surface area contributed by atoms with E-state index in [1.165, 1.54) is 12.1 Å². The lowest BCUT2D eigenvalue weighted by Crippen LogP contribution is -2.34. The van der Waals surface area contributed by atoms with Crippen LogP contribution in [-0.2, 0) is 6.54 Å². The molecular weight excluding hydrogens is 399 g/mol. The fourth-order valence-electron chi connectivity index (χ4n) is 3.71. The second-order valence-electron chi connectivity index (χ2n) is 7.86. The van der Waals surface area contributed by atoms with Crippen LogP contribution in [0.15, 0.2) is 24.4 Å². The fourth-order valence-corrected chi connectivity index (χ4v) is 3.71. The Bertz CT molecular complexity index is 1210. The molecule has 3 aromatic rings. The number of carbonyl (C=O) groups is 1. The van der Waals surface area contributed by atoms with E-state index in [4.69, 9.17) is 16.3 Å². The number of aryl methyl sites for hydroxylation is 1. The molecule has 1 atom stereocenters. The predicted octanol–water partition coefficient (Wildman–Crippen LogP) is 3.65. The number of benzene rings is 1. The van der Waals surface area contributed by atoms with Crippen LogP contribution in [0.4, 0.5) is 15.9 Å². The molecule has 0 unspecified atom stereocenters. The predicted molar refractivity (Wildman–Crippen MR) is 114 cm³/mol. The van der Waals surface area contributed by atoms with Gasteiger partial charge in [-0.1, -0.05) is 0 Å². The molecule has 0 fully saturated rings. The summed E-state index contributed by atoms with van der Waals surface area (Å²) in [6.45, 7) is 15.5. The Labute approximate surface area is 179 Å². The number of nitrogens with zero attached hydrogens (tertiary/aromatic N) is 5. The molecule has 2 bridgehead atoms. The van der Waals surface area contributed by atoms with Gasteiger partial charge in [-0.15, -0.1) is 0 Å². The minimum absolute atomic E-state index is 0.0199. The molecule has 160 valence electrons. The summed E-state index contributed by atoms with van der Waals surface area (Å²) in [5.74, 6) is 0.127. The molecule has 0 spiro atoms. The van der Waals surface area contributed by atoms with Crippen molar-refractivity contribution in [2.24, 2.45) is 0 Å². The normalized spacial score (nSPS) is 16.7. The van der Waals surface area contributed by atoms with E-state index < -0.39 is 11.9 Å². The van der Waals surface area contributed by atoms with Gasteiger partial charge in [-0.3, -0.25) is 4.79 Å². The fraction of sp³-hybridized carbons (Fsp3) is 0.364. The van der Waals surface area contributed by atoms with Crippen molar-refractivity contribution in [2.45, 2.75) is 46.4 Å². The molecule has 1 aliphatic rings. The highest BCUT2D eigenvalue weighted by atomic mass is 19.1. The first-order chi connectivity index (χ1) is 14.8. The Morgan fingerprint density at radius 1 is 1.35 bits per heavy atom. The lowest BCUT2D eigenvalue weighted by atomic mass is 10.1. The maximum atomic E-state index is 14.5. The van der Waals surface area contributed by atoms with E-state index in [2.05, 4.69) is 15.3 Å². The van der Waals surface area contributed by atoms with Gasteiger partial charge in [0.15, 0.2) is 5.65 Å². The third-order valence-corrected chi connectivity index (χ3v) is 5.30. The second-order valence-corrected chi connectivity index (χ2v) is 7.86. The molecule has 9 heteroatoms. The number of fused-ring (bicyclic) bond motifs is 2. The number of halogens is 1. The Kier molecular flexibility index (Phi) is 5.23. The van der Waals surface area contributed by atoms with Crippen molar-refractivity contribution in [2.75, 3.05) is 11.4 Å². The van der Waals surface area contributed by atoms with Crippen LogP contribution in [-0.4, -0.2) is 39.2 Å². The van der Waals surface area contributed by atoms with Gasteiger partial charge in [-0.25, -0.2) is 18.7 Å². The Balaban J connectivity index is 1.95. The molecule has 31 heavy (non-hydrogen) atoms. The van der Waals surface area contributed by atoms with Crippen LogP contribution in [0.1, 0.15) is 42.4 Å². The topological polar surface area (TPSA) is 76.1 Å². The van der Waals surface area contributed by atoms with Crippen LogP contribution in [0.5, 0.6) is 5.75 Å². The van der Waals surface area contributed by atoms with E-state index >= 15 is 0 Å². The summed E-state index contributed by atoms with van der Waals surface area (Å²) in [5.41, 5.74) is 1.80. The highest BCUT2D eigenvalue weighted by molar-refractivity contribution is 6.01. The molecular formula is C22H23FN6O2. The number of hydrogen-bond donors (Lipinski definition) is 1. The summed E-state index contributed by atoms with van der Waals surface area (Å²) < 4.78 is 22.1. The van der Waals surface area contributed by atoms with Gasteiger partial charge in [-0.2, -0.15) is 5.10 Å². The minimum Gasteiger partial charge on any atom is -0.490 e. The summed E-state index contributed by atoms with van der Waals surface area (Å²) in [6.07, 6.45) is 1.35. The Morgan fingerprint density at radius 2 is 2.13 bits per heavy atom. The quantitative estimate of drug-likeness (QED) is 0.606. The number of aromatic nitrogens is 3. The second kappa shape index (κ2) is 7.87. The lowest BCUT2D eigenvalue weighted by molar-refractivity contribution is 0.0933. The highest BCUT2D eigenvalue weighted by Gasteiger charge is 2.25. The van der Waals surface area contributed by atoms with Gasteiger partial charge in [0.25, 0.3) is 5.91 Å². The van der Waals surface area contributed by atoms with Crippen molar-refractivity contribution in [1.82, 2.24) is 19.9 Å². The molecule has 4 rings (SSSR count). The SMILES string of the molecule is [C-]#[N+]c1c(F)ccc2c1CN(C(C)C)c1ccn3nc(C)c(c3n1)C(=O)NC[C@H](C)O2. The van der Waals surface area contributed by atoms with E-state index in [0.717, 1.165) is 0 Å². The van der Waals surface area contributed by atoms with Crippen LogP contribution in [0.2, 0.25) is 0 Å². The van der Waals surface area contributed by atoms with Gasteiger partial charge >= 0.3 is 0 Å². The average Bonchev–Trinajstić information content (AvgIpc) is 3.06. The lowest BCUT2D eigenvalue weighted by Gasteiger charge is -2.29.